The second-order valence-electron chi connectivity index (χ2n) is 14.6. The van der Waals surface area contributed by atoms with Gasteiger partial charge in [-0.2, -0.15) is 18.5 Å². The maximum atomic E-state index is 13.7. The first-order chi connectivity index (χ1) is 24.5. The number of hydrogen-bond donors (Lipinski definition) is 6. The lowest BCUT2D eigenvalue weighted by atomic mass is 9.84. The SMILES string of the molecule is NCCNC[C@@H](O)c1cc([C@@H]2CC3(CC3)[C@@H]3CN2C(=O)N3OS(=O)(=O)ON2C(=O)N3C[C@H]2C2(CC2)C[C@H]3c2cc([C@H](O)CNCCN)on2)no1. The highest BCUT2D eigenvalue weighted by Crippen LogP contribution is 2.63. The van der Waals surface area contributed by atoms with Crippen LogP contribution in [0.2, 0.25) is 0 Å². The van der Waals surface area contributed by atoms with Gasteiger partial charge in [0.15, 0.2) is 11.5 Å². The van der Waals surface area contributed by atoms with E-state index in [-0.39, 0.29) is 37.7 Å². The Kier molecular flexibility index (Phi) is 8.78. The van der Waals surface area contributed by atoms with Crippen molar-refractivity contribution >= 4 is 22.5 Å². The van der Waals surface area contributed by atoms with Gasteiger partial charge in [-0.05, 0) is 49.4 Å². The Balaban J connectivity index is 0.951. The number of rotatable bonds is 16. The number of nitrogens with zero attached hydrogens (tertiary/aromatic N) is 6. The number of piperidine rings is 2. The fourth-order valence-electron chi connectivity index (χ4n) is 8.29. The summed E-state index contributed by atoms with van der Waals surface area (Å²) in [5.41, 5.74) is 11.1. The number of fused-ring (bicyclic) bond motifs is 6. The third-order valence-corrected chi connectivity index (χ3v) is 12.1. The summed E-state index contributed by atoms with van der Waals surface area (Å²) in [5, 5.41) is 37.1. The van der Waals surface area contributed by atoms with E-state index in [1.54, 1.807) is 12.1 Å². The lowest BCUT2D eigenvalue weighted by Crippen LogP contribution is -2.45. The third-order valence-electron chi connectivity index (χ3n) is 11.4. The molecule has 6 fully saturated rings. The normalized spacial score (nSPS) is 28.4. The van der Waals surface area contributed by atoms with Crippen LogP contribution in [-0.2, 0) is 19.0 Å². The van der Waals surface area contributed by atoms with Crippen molar-refractivity contribution < 1.29 is 45.8 Å². The van der Waals surface area contributed by atoms with Crippen LogP contribution in [0.4, 0.5) is 9.59 Å². The van der Waals surface area contributed by atoms with Crippen LogP contribution in [0.1, 0.15) is 85.7 Å². The van der Waals surface area contributed by atoms with E-state index < -0.39 is 69.7 Å². The maximum Gasteiger partial charge on any atom is 0.442 e. The van der Waals surface area contributed by atoms with E-state index in [0.717, 1.165) is 35.8 Å². The molecule has 2 saturated carbocycles. The summed E-state index contributed by atoms with van der Waals surface area (Å²) < 4.78 is 48.8. The average Bonchev–Trinajstić information content (AvgIpc) is 3.79. The van der Waals surface area contributed by atoms with Crippen molar-refractivity contribution in [3.05, 3.63) is 35.0 Å². The molecule has 6 aliphatic rings. The summed E-state index contributed by atoms with van der Waals surface area (Å²) in [5.74, 6) is 0.475. The van der Waals surface area contributed by atoms with Gasteiger partial charge in [0, 0.05) is 64.5 Å². The minimum Gasteiger partial charge on any atom is -0.384 e. The Morgan fingerprint density at radius 2 is 1.22 bits per heavy atom. The fourth-order valence-corrected chi connectivity index (χ4v) is 9.04. The molecule has 21 heteroatoms. The molecular weight excluding hydrogens is 692 g/mol. The molecule has 4 saturated heterocycles. The topological polar surface area (TPSA) is 268 Å². The maximum absolute atomic E-state index is 13.7. The molecule has 0 aromatic carbocycles. The first kappa shape index (κ1) is 34.7. The van der Waals surface area contributed by atoms with E-state index in [4.69, 9.17) is 29.1 Å². The average molecular weight is 737 g/mol. The zero-order valence-electron chi connectivity index (χ0n) is 27.9. The standard InChI is InChI=1S/C30H44N10O10S/c31-5-7-33-13-21(41)23-9-17(35-47-23)19-11-29(1-2-29)25-15-37(19)27(43)39(25)49-51(45,46)50-40-26-16-38(28(40)44)20(12-30(26)3-4-30)18-10-24(48-36-18)22(42)14-34-8-6-32/h9-10,19-22,25-26,33-34,41-42H,1-8,11-16,31-32H2/t19-,20-,21+,22+,25-,26-/m0/s1. The molecule has 2 aliphatic carbocycles. The Bertz CT molecular complexity index is 1630. The van der Waals surface area contributed by atoms with Crippen molar-refractivity contribution in [1.82, 2.24) is 40.9 Å². The van der Waals surface area contributed by atoms with Crippen molar-refractivity contribution in [2.75, 3.05) is 52.4 Å². The molecule has 6 atom stereocenters. The highest BCUT2D eigenvalue weighted by Gasteiger charge is 2.66. The van der Waals surface area contributed by atoms with Crippen LogP contribution >= 0.6 is 0 Å². The van der Waals surface area contributed by atoms with Gasteiger partial charge in [0.05, 0.1) is 24.2 Å². The number of hydrogen-bond acceptors (Lipinski definition) is 16. The van der Waals surface area contributed by atoms with E-state index >= 15 is 0 Å². The van der Waals surface area contributed by atoms with Crippen LogP contribution < -0.4 is 22.1 Å². The van der Waals surface area contributed by atoms with E-state index in [9.17, 15) is 28.2 Å². The number of aromatic nitrogens is 2. The van der Waals surface area contributed by atoms with Gasteiger partial charge in [0.25, 0.3) is 0 Å². The van der Waals surface area contributed by atoms with Crippen LogP contribution in [0.25, 0.3) is 0 Å². The molecule has 4 bridgehead atoms. The summed E-state index contributed by atoms with van der Waals surface area (Å²) in [4.78, 5) is 30.5. The Labute approximate surface area is 293 Å². The number of aliphatic hydroxyl groups is 2. The van der Waals surface area contributed by atoms with Crippen LogP contribution in [0.5, 0.6) is 0 Å². The molecular formula is C30H44N10O10S. The number of nitrogens with two attached hydrogens (primary N) is 2. The molecule has 2 aromatic heterocycles. The summed E-state index contributed by atoms with van der Waals surface area (Å²) in [6.45, 7) is 2.69. The molecule has 2 spiro atoms. The number of urea groups is 2. The van der Waals surface area contributed by atoms with Crippen molar-refractivity contribution in [3.63, 3.8) is 0 Å². The van der Waals surface area contributed by atoms with Crippen LogP contribution in [0.15, 0.2) is 21.2 Å². The van der Waals surface area contributed by atoms with Gasteiger partial charge in [0.2, 0.25) is 0 Å². The summed E-state index contributed by atoms with van der Waals surface area (Å²) in [6.07, 6.45) is 2.09. The quantitative estimate of drug-likeness (QED) is 0.116. The molecule has 20 nitrogen and oxygen atoms in total. The Morgan fingerprint density at radius 3 is 1.59 bits per heavy atom. The van der Waals surface area contributed by atoms with E-state index in [1.165, 1.54) is 9.80 Å². The zero-order valence-corrected chi connectivity index (χ0v) is 28.7. The summed E-state index contributed by atoms with van der Waals surface area (Å²) >= 11 is 0. The van der Waals surface area contributed by atoms with Gasteiger partial charge in [0.1, 0.15) is 23.6 Å². The van der Waals surface area contributed by atoms with Gasteiger partial charge < -0.3 is 51.2 Å². The van der Waals surface area contributed by atoms with Crippen LogP contribution in [-0.4, -0.2) is 125 Å². The summed E-state index contributed by atoms with van der Waals surface area (Å²) in [7, 11) is -4.95. The predicted molar refractivity (Wildman–Crippen MR) is 171 cm³/mol. The van der Waals surface area contributed by atoms with Gasteiger partial charge in [-0.3, -0.25) is 0 Å². The fraction of sp³-hybridized carbons (Fsp3) is 0.733. The van der Waals surface area contributed by atoms with Crippen LogP contribution in [0.3, 0.4) is 0 Å². The molecule has 4 amide bonds. The molecule has 4 aliphatic heterocycles. The number of nitrogens with one attached hydrogen (secondary N) is 2. The third kappa shape index (κ3) is 6.16. The van der Waals surface area contributed by atoms with E-state index in [1.807, 2.05) is 0 Å². The second kappa shape index (κ2) is 12.9. The zero-order chi connectivity index (χ0) is 35.7. The number of aliphatic hydroxyl groups excluding tert-OH is 2. The minimum absolute atomic E-state index is 0.198. The van der Waals surface area contributed by atoms with Crippen molar-refractivity contribution in [3.8, 4) is 0 Å². The lowest BCUT2D eigenvalue weighted by Gasteiger charge is -2.36. The number of carbonyl (C=O) groups is 2. The molecule has 51 heavy (non-hydrogen) atoms. The molecule has 6 heterocycles. The van der Waals surface area contributed by atoms with Crippen molar-refractivity contribution in [2.45, 2.75) is 74.9 Å². The largest absolute Gasteiger partial charge is 0.442 e. The van der Waals surface area contributed by atoms with Crippen molar-refractivity contribution in [1.29, 1.82) is 0 Å². The minimum atomic E-state index is -4.95. The van der Waals surface area contributed by atoms with E-state index in [2.05, 4.69) is 20.9 Å². The number of hydroxylamine groups is 4. The number of amides is 4. The molecule has 280 valence electrons. The number of carbonyl (C=O) groups excluding carboxylic acids is 2. The first-order valence-electron chi connectivity index (χ1n) is 17.4. The molecule has 0 unspecified atom stereocenters. The van der Waals surface area contributed by atoms with Crippen LogP contribution in [0, 0.1) is 10.8 Å². The van der Waals surface area contributed by atoms with Gasteiger partial charge in [-0.25, -0.2) is 9.59 Å². The highest BCUT2D eigenvalue weighted by molar-refractivity contribution is 7.81. The van der Waals surface area contributed by atoms with Crippen molar-refractivity contribution in [2.24, 2.45) is 22.3 Å². The molecule has 8 N–H and O–H groups in total. The first-order valence-corrected chi connectivity index (χ1v) is 18.8. The predicted octanol–water partition coefficient (Wildman–Crippen LogP) is -0.703. The summed E-state index contributed by atoms with van der Waals surface area (Å²) in [6, 6.07) is -0.278. The molecule has 2 aromatic rings. The smallest absolute Gasteiger partial charge is 0.384 e. The van der Waals surface area contributed by atoms with E-state index in [0.29, 0.717) is 50.4 Å². The van der Waals surface area contributed by atoms with Gasteiger partial charge in [-0.15, -0.1) is 8.57 Å². The highest BCUT2D eigenvalue weighted by atomic mass is 32.3. The molecule has 0 radical (unpaired) electrons. The lowest BCUT2D eigenvalue weighted by molar-refractivity contribution is -0.101. The Morgan fingerprint density at radius 1 is 0.804 bits per heavy atom. The monoisotopic (exact) mass is 736 g/mol. The molecule has 8 rings (SSSR count). The van der Waals surface area contributed by atoms with Gasteiger partial charge >= 0.3 is 22.5 Å². The van der Waals surface area contributed by atoms with Gasteiger partial charge in [-0.1, -0.05) is 10.3 Å². The second-order valence-corrected chi connectivity index (χ2v) is 15.7. The Hall–Kier alpha value is -3.41.